The Morgan fingerprint density at radius 1 is 1.35 bits per heavy atom. The number of H-pyrrole nitrogens is 1. The second-order valence-electron chi connectivity index (χ2n) is 4.70. The summed E-state index contributed by atoms with van der Waals surface area (Å²) in [6.07, 6.45) is 1.69. The van der Waals surface area contributed by atoms with E-state index in [4.69, 9.17) is 5.26 Å². The van der Waals surface area contributed by atoms with Gasteiger partial charge in [0.1, 0.15) is 4.90 Å². The van der Waals surface area contributed by atoms with Gasteiger partial charge in [-0.1, -0.05) is 0 Å². The van der Waals surface area contributed by atoms with Crippen LogP contribution in [-0.2, 0) is 16.6 Å². The fraction of sp³-hybridized carbons (Fsp3) is 0.286. The molecule has 23 heavy (non-hydrogen) atoms. The first-order valence-corrected chi connectivity index (χ1v) is 8.37. The first kappa shape index (κ1) is 16.9. The summed E-state index contributed by atoms with van der Waals surface area (Å²) >= 11 is 0. The number of benzene rings is 1. The highest BCUT2D eigenvalue weighted by Gasteiger charge is 2.18. The van der Waals surface area contributed by atoms with E-state index in [9.17, 15) is 12.8 Å². The maximum absolute atomic E-state index is 12.3. The molecule has 9 heteroatoms. The van der Waals surface area contributed by atoms with Crippen molar-refractivity contribution in [3.63, 3.8) is 0 Å². The SMILES string of the molecule is N#Cc1ccc(S(=O)(=O)NCCCF)c(NCc2ccn[nH]2)c1. The Hall–Kier alpha value is -2.44. The van der Waals surface area contributed by atoms with E-state index < -0.39 is 16.7 Å². The third kappa shape index (κ3) is 4.51. The molecule has 0 aliphatic heterocycles. The number of hydrogen-bond donors (Lipinski definition) is 3. The van der Waals surface area contributed by atoms with Crippen molar-refractivity contribution in [2.75, 3.05) is 18.5 Å². The molecular formula is C14H16FN5O2S. The van der Waals surface area contributed by atoms with Crippen molar-refractivity contribution < 1.29 is 12.8 Å². The first-order chi connectivity index (χ1) is 11.1. The van der Waals surface area contributed by atoms with Gasteiger partial charge in [-0.2, -0.15) is 10.4 Å². The lowest BCUT2D eigenvalue weighted by atomic mass is 10.2. The summed E-state index contributed by atoms with van der Waals surface area (Å²) in [6.45, 7) is -0.262. The lowest BCUT2D eigenvalue weighted by Crippen LogP contribution is -2.26. The topological polar surface area (TPSA) is 111 Å². The van der Waals surface area contributed by atoms with E-state index >= 15 is 0 Å². The zero-order chi connectivity index (χ0) is 16.7. The van der Waals surface area contributed by atoms with E-state index in [-0.39, 0.29) is 17.9 Å². The molecule has 7 nitrogen and oxygen atoms in total. The molecule has 1 aromatic carbocycles. The van der Waals surface area contributed by atoms with E-state index in [1.807, 2.05) is 6.07 Å². The first-order valence-electron chi connectivity index (χ1n) is 6.88. The molecule has 0 amide bonds. The van der Waals surface area contributed by atoms with Crippen LogP contribution in [0.3, 0.4) is 0 Å². The van der Waals surface area contributed by atoms with Crippen molar-refractivity contribution >= 4 is 15.7 Å². The molecule has 0 radical (unpaired) electrons. The van der Waals surface area contributed by atoms with Gasteiger partial charge >= 0.3 is 0 Å². The Bertz CT molecular complexity index is 784. The van der Waals surface area contributed by atoms with Gasteiger partial charge < -0.3 is 5.32 Å². The highest BCUT2D eigenvalue weighted by molar-refractivity contribution is 7.89. The van der Waals surface area contributed by atoms with E-state index in [0.29, 0.717) is 17.8 Å². The lowest BCUT2D eigenvalue weighted by Gasteiger charge is -2.13. The molecule has 0 spiro atoms. The summed E-state index contributed by atoms with van der Waals surface area (Å²) in [7, 11) is -3.79. The van der Waals surface area contributed by atoms with Crippen LogP contribution in [0.2, 0.25) is 0 Å². The van der Waals surface area contributed by atoms with Crippen LogP contribution in [0, 0.1) is 11.3 Å². The highest BCUT2D eigenvalue weighted by Crippen LogP contribution is 2.23. The molecule has 122 valence electrons. The molecule has 0 bridgehead atoms. The average molecular weight is 337 g/mol. The summed E-state index contributed by atoms with van der Waals surface area (Å²) < 4.78 is 39.1. The number of alkyl halides is 1. The molecule has 2 rings (SSSR count). The fourth-order valence-electron chi connectivity index (χ4n) is 1.90. The summed E-state index contributed by atoms with van der Waals surface area (Å²) in [5.74, 6) is 0. The van der Waals surface area contributed by atoms with E-state index in [1.54, 1.807) is 12.3 Å². The van der Waals surface area contributed by atoms with Crippen LogP contribution in [0.1, 0.15) is 17.7 Å². The Labute approximate surface area is 133 Å². The minimum atomic E-state index is -3.79. The van der Waals surface area contributed by atoms with Gasteiger partial charge in [0, 0.05) is 12.7 Å². The zero-order valence-corrected chi connectivity index (χ0v) is 13.0. The fourth-order valence-corrected chi connectivity index (χ4v) is 3.13. The third-order valence-electron chi connectivity index (χ3n) is 3.03. The molecule has 1 heterocycles. The largest absolute Gasteiger partial charge is 0.378 e. The van der Waals surface area contributed by atoms with Gasteiger partial charge in [-0.25, -0.2) is 13.1 Å². The number of hydrogen-bond acceptors (Lipinski definition) is 5. The highest BCUT2D eigenvalue weighted by atomic mass is 32.2. The summed E-state index contributed by atoms with van der Waals surface area (Å²) in [5.41, 5.74) is 1.40. The smallest absolute Gasteiger partial charge is 0.242 e. The lowest BCUT2D eigenvalue weighted by molar-refractivity contribution is 0.470. The van der Waals surface area contributed by atoms with Gasteiger partial charge in [-0.3, -0.25) is 9.49 Å². The van der Waals surface area contributed by atoms with Crippen LogP contribution < -0.4 is 10.0 Å². The summed E-state index contributed by atoms with van der Waals surface area (Å²) in [4.78, 5) is 0.00914. The number of nitrogens with zero attached hydrogens (tertiary/aromatic N) is 2. The van der Waals surface area contributed by atoms with Crippen molar-refractivity contribution in [1.82, 2.24) is 14.9 Å². The number of nitriles is 1. The molecule has 0 fully saturated rings. The van der Waals surface area contributed by atoms with Gasteiger partial charge in [-0.05, 0) is 30.7 Å². The summed E-state index contributed by atoms with van der Waals surface area (Å²) in [6, 6.07) is 7.94. The van der Waals surface area contributed by atoms with Crippen LogP contribution in [0.5, 0.6) is 0 Å². The van der Waals surface area contributed by atoms with Crippen LogP contribution in [0.15, 0.2) is 35.4 Å². The molecule has 0 atom stereocenters. The molecule has 0 saturated carbocycles. The Balaban J connectivity index is 2.25. The minimum absolute atomic E-state index is 0.00914. The van der Waals surface area contributed by atoms with Crippen molar-refractivity contribution in [3.8, 4) is 6.07 Å². The average Bonchev–Trinajstić information content (AvgIpc) is 3.06. The van der Waals surface area contributed by atoms with Gasteiger partial charge in [-0.15, -0.1) is 0 Å². The third-order valence-corrected chi connectivity index (χ3v) is 4.55. The van der Waals surface area contributed by atoms with Gasteiger partial charge in [0.25, 0.3) is 0 Å². The molecule has 3 N–H and O–H groups in total. The predicted molar refractivity (Wildman–Crippen MR) is 82.9 cm³/mol. The number of aromatic amines is 1. The van der Waals surface area contributed by atoms with Gasteiger partial charge in [0.2, 0.25) is 10.0 Å². The molecular weight excluding hydrogens is 321 g/mol. The van der Waals surface area contributed by atoms with Crippen molar-refractivity contribution in [2.45, 2.75) is 17.9 Å². The second kappa shape index (κ2) is 7.71. The number of anilines is 1. The van der Waals surface area contributed by atoms with E-state index in [0.717, 1.165) is 5.69 Å². The molecule has 1 aromatic heterocycles. The molecule has 2 aromatic rings. The molecule has 0 unspecified atom stereocenters. The Morgan fingerprint density at radius 3 is 2.83 bits per heavy atom. The maximum Gasteiger partial charge on any atom is 0.242 e. The van der Waals surface area contributed by atoms with Crippen LogP contribution >= 0.6 is 0 Å². The normalized spacial score (nSPS) is 11.1. The van der Waals surface area contributed by atoms with Crippen molar-refractivity contribution in [1.29, 1.82) is 5.26 Å². The molecule has 0 aliphatic carbocycles. The van der Waals surface area contributed by atoms with Crippen molar-refractivity contribution in [2.24, 2.45) is 0 Å². The van der Waals surface area contributed by atoms with Crippen LogP contribution in [0.25, 0.3) is 0 Å². The predicted octanol–water partition coefficient (Wildman–Crippen LogP) is 1.53. The minimum Gasteiger partial charge on any atom is -0.378 e. The number of halogens is 1. The Kier molecular flexibility index (Phi) is 5.67. The maximum atomic E-state index is 12.3. The molecule has 0 saturated heterocycles. The van der Waals surface area contributed by atoms with Crippen LogP contribution in [-0.4, -0.2) is 31.8 Å². The number of sulfonamides is 1. The molecule has 0 aliphatic rings. The Morgan fingerprint density at radius 2 is 2.17 bits per heavy atom. The van der Waals surface area contributed by atoms with Crippen LogP contribution in [0.4, 0.5) is 10.1 Å². The standard InChI is InChI=1S/C14H16FN5O2S/c15-5-1-6-19-23(21,22)14-3-2-11(9-16)8-13(14)17-10-12-4-7-18-20-12/h2-4,7-8,17,19H,1,5-6,10H2,(H,18,20). The quantitative estimate of drug-likeness (QED) is 0.633. The number of aromatic nitrogens is 2. The summed E-state index contributed by atoms with van der Waals surface area (Å²) in [5, 5.41) is 18.5. The van der Waals surface area contributed by atoms with Gasteiger partial charge in [0.05, 0.1) is 36.2 Å². The zero-order valence-electron chi connectivity index (χ0n) is 12.2. The van der Waals surface area contributed by atoms with E-state index in [1.165, 1.54) is 18.2 Å². The monoisotopic (exact) mass is 337 g/mol. The van der Waals surface area contributed by atoms with Crippen molar-refractivity contribution in [3.05, 3.63) is 41.7 Å². The van der Waals surface area contributed by atoms with E-state index in [2.05, 4.69) is 20.2 Å². The number of rotatable bonds is 8. The van der Waals surface area contributed by atoms with Gasteiger partial charge in [0.15, 0.2) is 0 Å². The second-order valence-corrected chi connectivity index (χ2v) is 6.43. The number of nitrogens with one attached hydrogen (secondary N) is 3.